The van der Waals surface area contributed by atoms with E-state index in [1.54, 1.807) is 0 Å². The number of hydrogen-bond acceptors (Lipinski definition) is 7. The van der Waals surface area contributed by atoms with Gasteiger partial charge in [-0.15, -0.1) is 10.2 Å². The third-order valence-electron chi connectivity index (χ3n) is 5.30. The van der Waals surface area contributed by atoms with Crippen LogP contribution in [0.3, 0.4) is 0 Å². The van der Waals surface area contributed by atoms with E-state index in [1.165, 1.54) is 17.3 Å². The topological polar surface area (TPSA) is 72.9 Å². The first-order valence-electron chi connectivity index (χ1n) is 10.4. The van der Waals surface area contributed by atoms with Gasteiger partial charge in [-0.1, -0.05) is 59.7 Å². The average molecular weight is 469 g/mol. The molecule has 0 bridgehead atoms. The van der Waals surface area contributed by atoms with E-state index in [4.69, 9.17) is 16.1 Å². The lowest BCUT2D eigenvalue weighted by Gasteiger charge is -2.20. The molecule has 4 rings (SSSR count). The highest BCUT2D eigenvalue weighted by atomic mass is 35.5. The Bertz CT molecular complexity index is 1170. The van der Waals surface area contributed by atoms with E-state index in [-0.39, 0.29) is 6.04 Å². The summed E-state index contributed by atoms with van der Waals surface area (Å²) in [6.45, 7) is 4.23. The number of rotatable bonds is 8. The molecule has 2 aromatic heterocycles. The molecule has 0 saturated heterocycles. The largest absolute Gasteiger partial charge is 0.338 e. The molecule has 32 heavy (non-hydrogen) atoms. The van der Waals surface area contributed by atoms with Crippen LogP contribution in [0, 0.1) is 0 Å². The summed E-state index contributed by atoms with van der Waals surface area (Å²) in [5.41, 5.74) is 3.17. The van der Waals surface area contributed by atoms with Crippen molar-refractivity contribution in [2.45, 2.75) is 37.2 Å². The normalized spacial score (nSPS) is 12.4. The van der Waals surface area contributed by atoms with Crippen LogP contribution in [0.25, 0.3) is 17.1 Å². The van der Waals surface area contributed by atoms with Gasteiger partial charge in [-0.3, -0.25) is 9.47 Å². The van der Waals surface area contributed by atoms with Crippen molar-refractivity contribution in [2.75, 3.05) is 14.1 Å². The Morgan fingerprint density at radius 3 is 2.44 bits per heavy atom. The summed E-state index contributed by atoms with van der Waals surface area (Å²) >= 11 is 7.60. The highest BCUT2D eigenvalue weighted by Gasteiger charge is 2.21. The van der Waals surface area contributed by atoms with E-state index >= 15 is 0 Å². The first-order valence-corrected chi connectivity index (χ1v) is 11.7. The van der Waals surface area contributed by atoms with Crippen molar-refractivity contribution in [1.29, 1.82) is 0 Å². The van der Waals surface area contributed by atoms with Crippen LogP contribution in [0.1, 0.15) is 37.2 Å². The zero-order valence-electron chi connectivity index (χ0n) is 18.5. The Morgan fingerprint density at radius 1 is 1.06 bits per heavy atom. The molecule has 1 unspecified atom stereocenters. The lowest BCUT2D eigenvalue weighted by atomic mass is 10.1. The third kappa shape index (κ3) is 4.87. The SMILES string of the molecule is CCc1ccc(-c2noc(CSc3nnc(C(C)N(C)C)n3-c3ccc(Cl)cc3)n2)cc1. The fourth-order valence-electron chi connectivity index (χ4n) is 3.16. The summed E-state index contributed by atoms with van der Waals surface area (Å²) in [5, 5.41) is 14.5. The van der Waals surface area contributed by atoms with Gasteiger partial charge in [-0.05, 0) is 57.3 Å². The van der Waals surface area contributed by atoms with Gasteiger partial charge in [0, 0.05) is 16.3 Å². The van der Waals surface area contributed by atoms with Gasteiger partial charge in [0.25, 0.3) is 0 Å². The minimum absolute atomic E-state index is 0.0774. The predicted octanol–water partition coefficient (Wildman–Crippen LogP) is 5.45. The van der Waals surface area contributed by atoms with E-state index in [2.05, 4.69) is 51.2 Å². The minimum atomic E-state index is 0.0774. The van der Waals surface area contributed by atoms with Gasteiger partial charge in [-0.25, -0.2) is 0 Å². The molecule has 2 aromatic carbocycles. The van der Waals surface area contributed by atoms with Gasteiger partial charge in [0.05, 0.1) is 11.8 Å². The van der Waals surface area contributed by atoms with E-state index < -0.39 is 0 Å². The number of hydrogen-bond donors (Lipinski definition) is 0. The van der Waals surface area contributed by atoms with Gasteiger partial charge in [0.2, 0.25) is 11.7 Å². The van der Waals surface area contributed by atoms with Gasteiger partial charge in [0.15, 0.2) is 11.0 Å². The Hall–Kier alpha value is -2.68. The number of halogens is 1. The number of thioether (sulfide) groups is 1. The first kappa shape index (κ1) is 22.5. The summed E-state index contributed by atoms with van der Waals surface area (Å²) in [7, 11) is 4.04. The van der Waals surface area contributed by atoms with Gasteiger partial charge in [0.1, 0.15) is 0 Å². The molecular weight excluding hydrogens is 444 g/mol. The number of aromatic nitrogens is 5. The molecule has 9 heteroatoms. The second-order valence-electron chi connectivity index (χ2n) is 7.64. The Kier molecular flexibility index (Phi) is 6.93. The molecular formula is C23H25ClN6OS. The van der Waals surface area contributed by atoms with Crippen molar-refractivity contribution in [3.05, 3.63) is 70.8 Å². The fourth-order valence-corrected chi connectivity index (χ4v) is 4.08. The molecule has 0 aliphatic heterocycles. The zero-order chi connectivity index (χ0) is 22.7. The molecule has 0 N–H and O–H groups in total. The Labute approximate surface area is 196 Å². The van der Waals surface area contributed by atoms with Crippen molar-refractivity contribution in [3.63, 3.8) is 0 Å². The molecule has 2 heterocycles. The summed E-state index contributed by atoms with van der Waals surface area (Å²) in [6, 6.07) is 15.9. The van der Waals surface area contributed by atoms with Crippen LogP contribution in [0.4, 0.5) is 0 Å². The molecule has 0 aliphatic carbocycles. The lowest BCUT2D eigenvalue weighted by Crippen LogP contribution is -2.20. The summed E-state index contributed by atoms with van der Waals surface area (Å²) < 4.78 is 7.53. The molecule has 0 radical (unpaired) electrons. The Morgan fingerprint density at radius 2 is 1.78 bits per heavy atom. The van der Waals surface area contributed by atoms with Crippen molar-refractivity contribution in [1.82, 2.24) is 29.8 Å². The fraction of sp³-hybridized carbons (Fsp3) is 0.304. The zero-order valence-corrected chi connectivity index (χ0v) is 20.1. The quantitative estimate of drug-likeness (QED) is 0.318. The van der Waals surface area contributed by atoms with Crippen molar-refractivity contribution < 1.29 is 4.52 Å². The van der Waals surface area contributed by atoms with Gasteiger partial charge < -0.3 is 4.52 Å². The standard InChI is InChI=1S/C23H25ClN6OS/c1-5-16-6-8-17(9-7-16)21-25-20(31-28-21)14-32-23-27-26-22(15(2)29(3)4)30(23)19-12-10-18(24)11-13-19/h6-13,15H,5,14H2,1-4H3. The monoisotopic (exact) mass is 468 g/mol. The van der Waals surface area contributed by atoms with E-state index in [9.17, 15) is 0 Å². The molecule has 0 saturated carbocycles. The smallest absolute Gasteiger partial charge is 0.237 e. The highest BCUT2D eigenvalue weighted by molar-refractivity contribution is 7.98. The van der Waals surface area contributed by atoms with Crippen LogP contribution in [-0.2, 0) is 12.2 Å². The van der Waals surface area contributed by atoms with Crippen LogP contribution < -0.4 is 0 Å². The molecule has 0 aliphatic rings. The Balaban J connectivity index is 1.57. The minimum Gasteiger partial charge on any atom is -0.338 e. The third-order valence-corrected chi connectivity index (χ3v) is 6.47. The van der Waals surface area contributed by atoms with E-state index in [1.807, 2.05) is 55.1 Å². The van der Waals surface area contributed by atoms with Crippen LogP contribution >= 0.6 is 23.4 Å². The second kappa shape index (κ2) is 9.85. The lowest BCUT2D eigenvalue weighted by molar-refractivity contribution is 0.305. The van der Waals surface area contributed by atoms with E-state index in [0.29, 0.717) is 22.5 Å². The molecule has 4 aromatic rings. The molecule has 0 amide bonds. The molecule has 1 atom stereocenters. The van der Waals surface area contributed by atoms with Gasteiger partial charge in [-0.2, -0.15) is 4.98 Å². The molecule has 166 valence electrons. The van der Waals surface area contributed by atoms with Crippen molar-refractivity contribution in [3.8, 4) is 17.1 Å². The van der Waals surface area contributed by atoms with E-state index in [0.717, 1.165) is 28.7 Å². The summed E-state index contributed by atoms with van der Waals surface area (Å²) in [5.74, 6) is 2.46. The molecule has 0 spiro atoms. The molecule has 0 fully saturated rings. The van der Waals surface area contributed by atoms with Crippen LogP contribution in [-0.4, -0.2) is 43.9 Å². The molecule has 7 nitrogen and oxygen atoms in total. The predicted molar refractivity (Wildman–Crippen MR) is 127 cm³/mol. The van der Waals surface area contributed by atoms with Crippen LogP contribution in [0.5, 0.6) is 0 Å². The summed E-state index contributed by atoms with van der Waals surface area (Å²) in [6.07, 6.45) is 0.997. The van der Waals surface area contributed by atoms with Gasteiger partial charge >= 0.3 is 0 Å². The maximum Gasteiger partial charge on any atom is 0.237 e. The number of nitrogens with zero attached hydrogens (tertiary/aromatic N) is 6. The maximum absolute atomic E-state index is 6.09. The van der Waals surface area contributed by atoms with Crippen LogP contribution in [0.2, 0.25) is 5.02 Å². The average Bonchev–Trinajstić information content (AvgIpc) is 3.45. The summed E-state index contributed by atoms with van der Waals surface area (Å²) in [4.78, 5) is 6.65. The van der Waals surface area contributed by atoms with Crippen molar-refractivity contribution in [2.24, 2.45) is 0 Å². The van der Waals surface area contributed by atoms with Crippen molar-refractivity contribution >= 4 is 23.4 Å². The maximum atomic E-state index is 6.09. The number of benzene rings is 2. The number of aryl methyl sites for hydroxylation is 1. The first-order chi connectivity index (χ1) is 15.5. The van der Waals surface area contributed by atoms with Crippen LogP contribution in [0.15, 0.2) is 58.2 Å². The second-order valence-corrected chi connectivity index (χ2v) is 9.02. The highest BCUT2D eigenvalue weighted by Crippen LogP contribution is 2.29.